The third kappa shape index (κ3) is 1.91. The number of pyridine rings is 1. The number of Topliss-reactive ketones (excluding diaryl/α,β-unsaturated/α-hetero) is 1. The van der Waals surface area contributed by atoms with E-state index in [1.165, 1.54) is 6.92 Å². The normalized spacial score (nSPS) is 10.3. The Morgan fingerprint density at radius 1 is 1.50 bits per heavy atom. The first-order valence-corrected chi connectivity index (χ1v) is 4.08. The van der Waals surface area contributed by atoms with Gasteiger partial charge in [0.25, 0.3) is 0 Å². The van der Waals surface area contributed by atoms with Crippen LogP contribution in [0, 0.1) is 0 Å². The second-order valence-corrected chi connectivity index (χ2v) is 3.19. The van der Waals surface area contributed by atoms with E-state index in [2.05, 4.69) is 18.8 Å². The number of carbonyl (C=O) groups excluding carboxylic acids is 1. The summed E-state index contributed by atoms with van der Waals surface area (Å²) >= 11 is 0. The molecular weight excluding hydrogens is 150 g/mol. The number of ketones is 1. The van der Waals surface area contributed by atoms with Gasteiger partial charge < -0.3 is 0 Å². The second kappa shape index (κ2) is 3.48. The minimum absolute atomic E-state index is 0.0255. The first kappa shape index (κ1) is 8.91. The first-order chi connectivity index (χ1) is 5.61. The molecule has 0 amide bonds. The van der Waals surface area contributed by atoms with Crippen molar-refractivity contribution >= 4 is 5.78 Å². The van der Waals surface area contributed by atoms with Gasteiger partial charge in [-0.2, -0.15) is 0 Å². The molecule has 12 heavy (non-hydrogen) atoms. The topological polar surface area (TPSA) is 30.0 Å². The van der Waals surface area contributed by atoms with E-state index in [-0.39, 0.29) is 5.78 Å². The zero-order valence-corrected chi connectivity index (χ0v) is 7.66. The van der Waals surface area contributed by atoms with Crippen LogP contribution in [0.15, 0.2) is 18.3 Å². The number of hydrogen-bond acceptors (Lipinski definition) is 2. The van der Waals surface area contributed by atoms with Gasteiger partial charge in [-0.1, -0.05) is 13.8 Å². The maximum absolute atomic E-state index is 11.0. The van der Waals surface area contributed by atoms with Gasteiger partial charge in [0, 0.05) is 13.1 Å². The molecule has 2 nitrogen and oxygen atoms in total. The molecule has 1 rings (SSSR count). The molecule has 1 heterocycles. The Morgan fingerprint density at radius 2 is 2.17 bits per heavy atom. The van der Waals surface area contributed by atoms with Gasteiger partial charge in [0.15, 0.2) is 5.78 Å². The molecule has 0 N–H and O–H groups in total. The van der Waals surface area contributed by atoms with Crippen LogP contribution < -0.4 is 0 Å². The smallest absolute Gasteiger partial charge is 0.178 e. The molecule has 2 heteroatoms. The number of aromatic nitrogens is 1. The molecule has 0 aromatic carbocycles. The van der Waals surface area contributed by atoms with Gasteiger partial charge in [-0.25, -0.2) is 0 Å². The highest BCUT2D eigenvalue weighted by Gasteiger charge is 2.03. The van der Waals surface area contributed by atoms with Crippen LogP contribution in [0.2, 0.25) is 0 Å². The molecule has 1 aromatic heterocycles. The molecule has 1 aromatic rings. The van der Waals surface area contributed by atoms with E-state index in [4.69, 9.17) is 0 Å². The van der Waals surface area contributed by atoms with Gasteiger partial charge >= 0.3 is 0 Å². The fourth-order valence-corrected chi connectivity index (χ4v) is 0.999. The minimum Gasteiger partial charge on any atom is -0.293 e. The lowest BCUT2D eigenvalue weighted by Crippen LogP contribution is -1.98. The minimum atomic E-state index is 0.0255. The van der Waals surface area contributed by atoms with E-state index in [1.54, 1.807) is 6.20 Å². The second-order valence-electron chi connectivity index (χ2n) is 3.19. The third-order valence-corrected chi connectivity index (χ3v) is 1.81. The molecule has 64 valence electrons. The highest BCUT2D eigenvalue weighted by atomic mass is 16.1. The molecule has 0 radical (unpaired) electrons. The molecule has 0 atom stereocenters. The highest BCUT2D eigenvalue weighted by Crippen LogP contribution is 2.13. The molecule has 0 unspecified atom stereocenters. The average Bonchev–Trinajstić information content (AvgIpc) is 2.04. The van der Waals surface area contributed by atoms with Crippen molar-refractivity contribution in [3.63, 3.8) is 0 Å². The molecule has 0 saturated carbocycles. The van der Waals surface area contributed by atoms with Crippen LogP contribution in [-0.2, 0) is 0 Å². The molecular formula is C10H13NO. The predicted molar refractivity (Wildman–Crippen MR) is 48.3 cm³/mol. The van der Waals surface area contributed by atoms with E-state index < -0.39 is 0 Å². The fourth-order valence-electron chi connectivity index (χ4n) is 0.999. The molecule has 0 fully saturated rings. The number of rotatable bonds is 2. The van der Waals surface area contributed by atoms with Crippen molar-refractivity contribution in [1.29, 1.82) is 0 Å². The van der Waals surface area contributed by atoms with E-state index in [0.29, 0.717) is 11.6 Å². The Kier molecular flexibility index (Phi) is 2.58. The van der Waals surface area contributed by atoms with Crippen molar-refractivity contribution in [1.82, 2.24) is 4.98 Å². The zero-order valence-electron chi connectivity index (χ0n) is 7.66. The van der Waals surface area contributed by atoms with Crippen LogP contribution in [-0.4, -0.2) is 10.8 Å². The average molecular weight is 163 g/mol. The Balaban J connectivity index is 3.04. The van der Waals surface area contributed by atoms with E-state index in [0.717, 1.165) is 5.56 Å². The number of nitrogens with zero attached hydrogens (tertiary/aromatic N) is 1. The van der Waals surface area contributed by atoms with Crippen LogP contribution in [0.25, 0.3) is 0 Å². The predicted octanol–water partition coefficient (Wildman–Crippen LogP) is 2.41. The Labute approximate surface area is 72.6 Å². The molecule has 0 saturated heterocycles. The summed E-state index contributed by atoms with van der Waals surface area (Å²) in [5, 5.41) is 0. The number of carbonyl (C=O) groups is 1. The van der Waals surface area contributed by atoms with Gasteiger partial charge in [0.05, 0.1) is 0 Å². The maximum Gasteiger partial charge on any atom is 0.178 e. The molecule has 0 aliphatic carbocycles. The van der Waals surface area contributed by atoms with Crippen molar-refractivity contribution < 1.29 is 4.79 Å². The Morgan fingerprint density at radius 3 is 2.67 bits per heavy atom. The quantitative estimate of drug-likeness (QED) is 0.626. The molecule has 0 aliphatic rings. The van der Waals surface area contributed by atoms with E-state index in [9.17, 15) is 4.79 Å². The van der Waals surface area contributed by atoms with Crippen molar-refractivity contribution in [2.24, 2.45) is 0 Å². The van der Waals surface area contributed by atoms with Crippen LogP contribution in [0.3, 0.4) is 0 Å². The highest BCUT2D eigenvalue weighted by molar-refractivity contribution is 5.92. The van der Waals surface area contributed by atoms with Gasteiger partial charge in [-0.3, -0.25) is 9.78 Å². The van der Waals surface area contributed by atoms with Gasteiger partial charge in [0.1, 0.15) is 5.69 Å². The maximum atomic E-state index is 11.0. The summed E-state index contributed by atoms with van der Waals surface area (Å²) in [5.74, 6) is 0.476. The lowest BCUT2D eigenvalue weighted by molar-refractivity contribution is 0.101. The summed E-state index contributed by atoms with van der Waals surface area (Å²) in [6, 6.07) is 3.80. The van der Waals surface area contributed by atoms with Crippen molar-refractivity contribution in [3.8, 4) is 0 Å². The van der Waals surface area contributed by atoms with Gasteiger partial charge in [-0.05, 0) is 23.6 Å². The van der Waals surface area contributed by atoms with Crippen LogP contribution in [0.1, 0.15) is 42.7 Å². The fraction of sp³-hybridized carbons (Fsp3) is 0.400. The number of hydrogen-bond donors (Lipinski definition) is 0. The van der Waals surface area contributed by atoms with Crippen LogP contribution in [0.5, 0.6) is 0 Å². The summed E-state index contributed by atoms with van der Waals surface area (Å²) in [7, 11) is 0. The lowest BCUT2D eigenvalue weighted by Gasteiger charge is -2.04. The Bertz CT molecular complexity index is 292. The van der Waals surface area contributed by atoms with E-state index >= 15 is 0 Å². The first-order valence-electron chi connectivity index (χ1n) is 4.08. The summed E-state index contributed by atoms with van der Waals surface area (Å²) in [4.78, 5) is 14.9. The van der Waals surface area contributed by atoms with Crippen molar-refractivity contribution in [2.75, 3.05) is 0 Å². The molecule has 0 spiro atoms. The summed E-state index contributed by atoms with van der Waals surface area (Å²) in [5.41, 5.74) is 1.72. The van der Waals surface area contributed by atoms with Crippen LogP contribution in [0.4, 0.5) is 0 Å². The van der Waals surface area contributed by atoms with Crippen LogP contribution >= 0.6 is 0 Å². The van der Waals surface area contributed by atoms with E-state index in [1.807, 2.05) is 12.1 Å². The SMILES string of the molecule is CC(=O)c1cc(C(C)C)ccn1. The van der Waals surface area contributed by atoms with Crippen molar-refractivity contribution in [3.05, 3.63) is 29.6 Å². The lowest BCUT2D eigenvalue weighted by atomic mass is 10.0. The molecule has 0 bridgehead atoms. The summed E-state index contributed by atoms with van der Waals surface area (Å²) in [6.45, 7) is 5.73. The third-order valence-electron chi connectivity index (χ3n) is 1.81. The zero-order chi connectivity index (χ0) is 9.14. The molecule has 0 aliphatic heterocycles. The Hall–Kier alpha value is -1.18. The summed E-state index contributed by atoms with van der Waals surface area (Å²) in [6.07, 6.45) is 1.69. The summed E-state index contributed by atoms with van der Waals surface area (Å²) < 4.78 is 0. The van der Waals surface area contributed by atoms with Crippen molar-refractivity contribution in [2.45, 2.75) is 26.7 Å². The van der Waals surface area contributed by atoms with Gasteiger partial charge in [-0.15, -0.1) is 0 Å². The monoisotopic (exact) mass is 163 g/mol. The largest absolute Gasteiger partial charge is 0.293 e. The van der Waals surface area contributed by atoms with Gasteiger partial charge in [0.2, 0.25) is 0 Å². The standard InChI is InChI=1S/C10H13NO/c1-7(2)9-4-5-11-10(6-9)8(3)12/h4-7H,1-3H3.